The van der Waals surface area contributed by atoms with Crippen LogP contribution in [0.15, 0.2) is 72.8 Å². The summed E-state index contributed by atoms with van der Waals surface area (Å²) in [6.07, 6.45) is 1.03. The molecular weight excluding hydrogens is 352 g/mol. The number of hydrogen-bond acceptors (Lipinski definition) is 4. The first-order valence-electron chi connectivity index (χ1n) is 9.25. The van der Waals surface area contributed by atoms with E-state index in [1.165, 1.54) is 7.11 Å². The van der Waals surface area contributed by atoms with Crippen molar-refractivity contribution in [2.75, 3.05) is 7.11 Å². The molecule has 0 saturated heterocycles. The van der Waals surface area contributed by atoms with E-state index in [-0.39, 0.29) is 5.97 Å². The SMILES string of the molecule is COC(=O)CCc1ccc(Oc2cccc(OCc3ccccc3)c2)cc1C. The Hall–Kier alpha value is -3.27. The summed E-state index contributed by atoms with van der Waals surface area (Å²) in [4.78, 5) is 11.3. The first-order chi connectivity index (χ1) is 13.6. The molecule has 3 rings (SSSR count). The molecule has 4 nitrogen and oxygen atoms in total. The summed E-state index contributed by atoms with van der Waals surface area (Å²) in [5, 5.41) is 0. The molecule has 0 saturated carbocycles. The van der Waals surface area contributed by atoms with Gasteiger partial charge in [-0.1, -0.05) is 42.5 Å². The second-order valence-electron chi connectivity index (χ2n) is 6.52. The van der Waals surface area contributed by atoms with Gasteiger partial charge in [-0.15, -0.1) is 0 Å². The molecule has 0 amide bonds. The van der Waals surface area contributed by atoms with Crippen molar-refractivity contribution >= 4 is 5.97 Å². The fourth-order valence-electron chi connectivity index (χ4n) is 2.86. The Kier molecular flexibility index (Phi) is 6.68. The van der Waals surface area contributed by atoms with Gasteiger partial charge in [0.1, 0.15) is 23.9 Å². The van der Waals surface area contributed by atoms with Crippen molar-refractivity contribution in [1.82, 2.24) is 0 Å². The molecule has 0 aliphatic rings. The average Bonchev–Trinajstić information content (AvgIpc) is 2.72. The second-order valence-corrected chi connectivity index (χ2v) is 6.52. The summed E-state index contributed by atoms with van der Waals surface area (Å²) in [6, 6.07) is 23.5. The molecule has 28 heavy (non-hydrogen) atoms. The Morgan fingerprint density at radius 1 is 0.857 bits per heavy atom. The molecular formula is C24H24O4. The van der Waals surface area contributed by atoms with Crippen LogP contribution < -0.4 is 9.47 Å². The number of esters is 1. The summed E-state index contributed by atoms with van der Waals surface area (Å²) < 4.78 is 16.5. The Bertz CT molecular complexity index is 919. The molecule has 4 heteroatoms. The number of carbonyl (C=O) groups excluding carboxylic acids is 1. The molecule has 0 N–H and O–H groups in total. The van der Waals surface area contributed by atoms with E-state index < -0.39 is 0 Å². The van der Waals surface area contributed by atoms with Crippen LogP contribution in [0, 0.1) is 6.92 Å². The van der Waals surface area contributed by atoms with E-state index in [2.05, 4.69) is 0 Å². The highest BCUT2D eigenvalue weighted by Crippen LogP contribution is 2.27. The minimum atomic E-state index is -0.202. The lowest BCUT2D eigenvalue weighted by Gasteiger charge is -2.11. The van der Waals surface area contributed by atoms with E-state index in [1.807, 2.05) is 79.7 Å². The Labute approximate surface area is 165 Å². The van der Waals surface area contributed by atoms with Crippen LogP contribution in [-0.2, 0) is 22.6 Å². The van der Waals surface area contributed by atoms with Gasteiger partial charge in [-0.3, -0.25) is 4.79 Å². The van der Waals surface area contributed by atoms with Crippen LogP contribution in [0.4, 0.5) is 0 Å². The fraction of sp³-hybridized carbons (Fsp3) is 0.208. The van der Waals surface area contributed by atoms with E-state index in [4.69, 9.17) is 14.2 Å². The maximum absolute atomic E-state index is 11.3. The maximum atomic E-state index is 11.3. The molecule has 0 atom stereocenters. The molecule has 0 aliphatic heterocycles. The van der Waals surface area contributed by atoms with E-state index in [1.54, 1.807) is 0 Å². The largest absolute Gasteiger partial charge is 0.489 e. The van der Waals surface area contributed by atoms with Gasteiger partial charge in [0, 0.05) is 12.5 Å². The zero-order chi connectivity index (χ0) is 19.8. The van der Waals surface area contributed by atoms with Crippen LogP contribution >= 0.6 is 0 Å². The lowest BCUT2D eigenvalue weighted by molar-refractivity contribution is -0.140. The number of aryl methyl sites for hydroxylation is 2. The van der Waals surface area contributed by atoms with Crippen LogP contribution in [0.2, 0.25) is 0 Å². The van der Waals surface area contributed by atoms with Gasteiger partial charge in [0.25, 0.3) is 0 Å². The van der Waals surface area contributed by atoms with Crippen LogP contribution in [0.25, 0.3) is 0 Å². The molecule has 0 unspecified atom stereocenters. The molecule has 3 aromatic carbocycles. The highest BCUT2D eigenvalue weighted by Gasteiger charge is 2.07. The van der Waals surface area contributed by atoms with Crippen LogP contribution in [0.1, 0.15) is 23.1 Å². The minimum Gasteiger partial charge on any atom is -0.489 e. The normalized spacial score (nSPS) is 10.4. The van der Waals surface area contributed by atoms with Gasteiger partial charge in [0.05, 0.1) is 7.11 Å². The summed E-state index contributed by atoms with van der Waals surface area (Å²) >= 11 is 0. The van der Waals surface area contributed by atoms with Gasteiger partial charge >= 0.3 is 5.97 Å². The van der Waals surface area contributed by atoms with Crippen LogP contribution in [0.3, 0.4) is 0 Å². The lowest BCUT2D eigenvalue weighted by atomic mass is 10.0. The standard InChI is InChI=1S/C24H24O4/c1-18-15-23(13-11-20(18)12-14-24(25)26-2)28-22-10-6-9-21(16-22)27-17-19-7-4-3-5-8-19/h3-11,13,15-16H,12,14,17H2,1-2H3. The highest BCUT2D eigenvalue weighted by molar-refractivity contribution is 5.69. The van der Waals surface area contributed by atoms with Gasteiger partial charge in [-0.25, -0.2) is 0 Å². The van der Waals surface area contributed by atoms with Crippen molar-refractivity contribution in [2.24, 2.45) is 0 Å². The van der Waals surface area contributed by atoms with Gasteiger partial charge in [0.15, 0.2) is 0 Å². The zero-order valence-electron chi connectivity index (χ0n) is 16.2. The molecule has 0 bridgehead atoms. The lowest BCUT2D eigenvalue weighted by Crippen LogP contribution is -2.02. The Morgan fingerprint density at radius 2 is 1.61 bits per heavy atom. The van der Waals surface area contributed by atoms with Crippen molar-refractivity contribution in [2.45, 2.75) is 26.4 Å². The first-order valence-corrected chi connectivity index (χ1v) is 9.25. The van der Waals surface area contributed by atoms with Gasteiger partial charge in [0.2, 0.25) is 0 Å². The Balaban J connectivity index is 1.62. The number of ether oxygens (including phenoxy) is 3. The van der Waals surface area contributed by atoms with Gasteiger partial charge in [-0.2, -0.15) is 0 Å². The third-order valence-electron chi connectivity index (χ3n) is 4.43. The molecule has 0 aromatic heterocycles. The number of benzene rings is 3. The van der Waals surface area contributed by atoms with Crippen molar-refractivity contribution in [1.29, 1.82) is 0 Å². The number of rotatable bonds is 8. The molecule has 0 heterocycles. The quantitative estimate of drug-likeness (QED) is 0.489. The van der Waals surface area contributed by atoms with Crippen LogP contribution in [-0.4, -0.2) is 13.1 Å². The van der Waals surface area contributed by atoms with Crippen LogP contribution in [0.5, 0.6) is 17.2 Å². The van der Waals surface area contributed by atoms with Gasteiger partial charge in [-0.05, 0) is 54.3 Å². The predicted molar refractivity (Wildman–Crippen MR) is 109 cm³/mol. The molecule has 0 spiro atoms. The average molecular weight is 376 g/mol. The van der Waals surface area contributed by atoms with Crippen molar-refractivity contribution in [3.8, 4) is 17.2 Å². The first kappa shape index (κ1) is 19.5. The molecule has 3 aromatic rings. The smallest absolute Gasteiger partial charge is 0.305 e. The molecule has 0 radical (unpaired) electrons. The topological polar surface area (TPSA) is 44.8 Å². The molecule has 144 valence electrons. The molecule has 0 fully saturated rings. The molecule has 0 aliphatic carbocycles. The zero-order valence-corrected chi connectivity index (χ0v) is 16.2. The minimum absolute atomic E-state index is 0.202. The summed E-state index contributed by atoms with van der Waals surface area (Å²) in [7, 11) is 1.41. The van der Waals surface area contributed by atoms with E-state index in [9.17, 15) is 4.79 Å². The van der Waals surface area contributed by atoms with E-state index in [0.29, 0.717) is 25.2 Å². The summed E-state index contributed by atoms with van der Waals surface area (Å²) in [5.74, 6) is 2.02. The van der Waals surface area contributed by atoms with E-state index >= 15 is 0 Å². The predicted octanol–water partition coefficient (Wildman–Crippen LogP) is 5.47. The number of methoxy groups -OCH3 is 1. The maximum Gasteiger partial charge on any atom is 0.305 e. The van der Waals surface area contributed by atoms with E-state index in [0.717, 1.165) is 28.2 Å². The fourth-order valence-corrected chi connectivity index (χ4v) is 2.86. The third-order valence-corrected chi connectivity index (χ3v) is 4.43. The summed E-state index contributed by atoms with van der Waals surface area (Å²) in [6.45, 7) is 2.52. The Morgan fingerprint density at radius 3 is 2.36 bits per heavy atom. The monoisotopic (exact) mass is 376 g/mol. The number of hydrogen-bond donors (Lipinski definition) is 0. The number of carbonyl (C=O) groups is 1. The van der Waals surface area contributed by atoms with Gasteiger partial charge < -0.3 is 14.2 Å². The highest BCUT2D eigenvalue weighted by atomic mass is 16.5. The van der Waals surface area contributed by atoms with Crippen molar-refractivity contribution in [3.05, 3.63) is 89.5 Å². The van der Waals surface area contributed by atoms with Crippen molar-refractivity contribution < 1.29 is 19.0 Å². The third kappa shape index (κ3) is 5.61. The second kappa shape index (κ2) is 9.60. The van der Waals surface area contributed by atoms with Crippen molar-refractivity contribution in [3.63, 3.8) is 0 Å². The summed E-state index contributed by atoms with van der Waals surface area (Å²) in [5.41, 5.74) is 3.31.